The Bertz CT molecular complexity index is 220. The third-order valence-electron chi connectivity index (χ3n) is 4.31. The van der Waals surface area contributed by atoms with E-state index >= 15 is 0 Å². The Morgan fingerprint density at radius 2 is 1.94 bits per heavy atom. The van der Waals surface area contributed by atoms with Crippen molar-refractivity contribution in [3.63, 3.8) is 0 Å². The third-order valence-corrected chi connectivity index (χ3v) is 4.31. The van der Waals surface area contributed by atoms with Crippen LogP contribution in [0.3, 0.4) is 0 Å². The molecule has 1 N–H and O–H groups in total. The zero-order valence-corrected chi connectivity index (χ0v) is 12.4. The molecule has 18 heavy (non-hydrogen) atoms. The predicted octanol–water partition coefficient (Wildman–Crippen LogP) is 3.21. The molecule has 108 valence electrons. The minimum Gasteiger partial charge on any atom is -0.394 e. The highest BCUT2D eigenvalue weighted by molar-refractivity contribution is 4.74. The molecule has 0 radical (unpaired) electrons. The van der Waals surface area contributed by atoms with Crippen molar-refractivity contribution in [1.29, 1.82) is 0 Å². The second-order valence-corrected chi connectivity index (χ2v) is 5.79. The Kier molecular flexibility index (Phi) is 7.20. The van der Waals surface area contributed by atoms with Crippen molar-refractivity contribution in [3.05, 3.63) is 0 Å². The van der Waals surface area contributed by atoms with E-state index in [1.54, 1.807) is 0 Å². The molecule has 1 fully saturated rings. The van der Waals surface area contributed by atoms with E-state index in [2.05, 4.69) is 27.7 Å². The summed E-state index contributed by atoms with van der Waals surface area (Å²) >= 11 is 0. The summed E-state index contributed by atoms with van der Waals surface area (Å²) in [5, 5.41) is 9.10. The van der Waals surface area contributed by atoms with Gasteiger partial charge in [0.05, 0.1) is 13.2 Å². The fraction of sp³-hybridized carbons (Fsp3) is 1.00. The molecule has 0 aromatic rings. The molecule has 0 bridgehead atoms. The lowest BCUT2D eigenvalue weighted by Gasteiger charge is -2.27. The molecule has 5 unspecified atom stereocenters. The van der Waals surface area contributed by atoms with Crippen LogP contribution in [0, 0.1) is 17.8 Å². The van der Waals surface area contributed by atoms with Gasteiger partial charge in [-0.05, 0) is 24.7 Å². The molecule has 0 aliphatic carbocycles. The van der Waals surface area contributed by atoms with Gasteiger partial charge in [-0.25, -0.2) is 0 Å². The van der Waals surface area contributed by atoms with Gasteiger partial charge in [0.1, 0.15) is 6.10 Å². The lowest BCUT2D eigenvalue weighted by Crippen LogP contribution is -2.26. The first-order valence-electron chi connectivity index (χ1n) is 7.50. The molecule has 1 aliphatic heterocycles. The number of rotatable bonds is 8. The van der Waals surface area contributed by atoms with Gasteiger partial charge < -0.3 is 14.6 Å². The van der Waals surface area contributed by atoms with Crippen molar-refractivity contribution in [2.45, 2.75) is 65.8 Å². The summed E-state index contributed by atoms with van der Waals surface area (Å²) in [7, 11) is 0. The van der Waals surface area contributed by atoms with Crippen LogP contribution in [0.2, 0.25) is 0 Å². The average molecular weight is 258 g/mol. The molecule has 0 aromatic heterocycles. The van der Waals surface area contributed by atoms with Gasteiger partial charge in [0, 0.05) is 5.92 Å². The third kappa shape index (κ3) is 4.52. The number of aliphatic hydroxyl groups excluding tert-OH is 1. The maximum absolute atomic E-state index is 9.10. The summed E-state index contributed by atoms with van der Waals surface area (Å²) < 4.78 is 11.5. The summed E-state index contributed by atoms with van der Waals surface area (Å²) in [6, 6.07) is 0. The van der Waals surface area contributed by atoms with E-state index in [4.69, 9.17) is 14.6 Å². The first kappa shape index (κ1) is 15.9. The summed E-state index contributed by atoms with van der Waals surface area (Å²) in [5.41, 5.74) is 0. The van der Waals surface area contributed by atoms with Crippen molar-refractivity contribution in [2.24, 2.45) is 17.8 Å². The quantitative estimate of drug-likeness (QED) is 0.726. The second kappa shape index (κ2) is 8.13. The molecule has 1 saturated heterocycles. The molecule has 0 spiro atoms. The molecule has 1 heterocycles. The van der Waals surface area contributed by atoms with Gasteiger partial charge in [-0.15, -0.1) is 0 Å². The highest BCUT2D eigenvalue weighted by Crippen LogP contribution is 2.31. The minimum atomic E-state index is -0.117. The molecule has 1 rings (SSSR count). The largest absolute Gasteiger partial charge is 0.394 e. The summed E-state index contributed by atoms with van der Waals surface area (Å²) in [4.78, 5) is 0. The normalized spacial score (nSPS) is 29.2. The molecule has 5 atom stereocenters. The van der Waals surface area contributed by atoms with E-state index in [-0.39, 0.29) is 19.0 Å². The van der Waals surface area contributed by atoms with Crippen LogP contribution in [0.25, 0.3) is 0 Å². The Morgan fingerprint density at radius 3 is 2.44 bits per heavy atom. The fourth-order valence-electron chi connectivity index (χ4n) is 2.66. The molecular weight excluding hydrogens is 228 g/mol. The van der Waals surface area contributed by atoms with Crippen LogP contribution in [0.4, 0.5) is 0 Å². The minimum absolute atomic E-state index is 0.0657. The molecule has 3 heteroatoms. The molecule has 1 aliphatic rings. The van der Waals surface area contributed by atoms with E-state index in [0.717, 1.165) is 25.2 Å². The summed E-state index contributed by atoms with van der Waals surface area (Å²) in [5.74, 6) is 1.92. The highest BCUT2D eigenvalue weighted by atomic mass is 16.7. The Hall–Kier alpha value is -0.120. The van der Waals surface area contributed by atoms with Gasteiger partial charge in [-0.1, -0.05) is 40.5 Å². The first-order valence-corrected chi connectivity index (χ1v) is 7.50. The van der Waals surface area contributed by atoms with E-state index in [1.807, 2.05) is 0 Å². The van der Waals surface area contributed by atoms with Crippen molar-refractivity contribution < 1.29 is 14.6 Å². The monoisotopic (exact) mass is 258 g/mol. The van der Waals surface area contributed by atoms with Gasteiger partial charge in [-0.2, -0.15) is 0 Å². The van der Waals surface area contributed by atoms with Gasteiger partial charge in [-0.3, -0.25) is 0 Å². The van der Waals surface area contributed by atoms with Gasteiger partial charge in [0.25, 0.3) is 0 Å². The Balaban J connectivity index is 2.49. The maximum Gasteiger partial charge on any atom is 0.161 e. The second-order valence-electron chi connectivity index (χ2n) is 5.79. The van der Waals surface area contributed by atoms with E-state index < -0.39 is 0 Å². The smallest absolute Gasteiger partial charge is 0.161 e. The maximum atomic E-state index is 9.10. The standard InChI is InChI=1S/C15H30O3/c1-5-7-13(8-12(4)11(3)6-2)15-17-10-14(9-16)18-15/h11-16H,5-10H2,1-4H3. The van der Waals surface area contributed by atoms with Crippen LogP contribution in [0.5, 0.6) is 0 Å². The van der Waals surface area contributed by atoms with Gasteiger partial charge in [0.15, 0.2) is 6.29 Å². The Labute approximate surface area is 112 Å². The van der Waals surface area contributed by atoms with Crippen molar-refractivity contribution in [2.75, 3.05) is 13.2 Å². The van der Waals surface area contributed by atoms with Crippen LogP contribution in [0.1, 0.15) is 53.4 Å². The molecular formula is C15H30O3. The van der Waals surface area contributed by atoms with Crippen molar-refractivity contribution >= 4 is 0 Å². The summed E-state index contributed by atoms with van der Waals surface area (Å²) in [6.45, 7) is 9.71. The van der Waals surface area contributed by atoms with Crippen LogP contribution in [-0.4, -0.2) is 30.7 Å². The molecule has 0 amide bonds. The lowest BCUT2D eigenvalue weighted by molar-refractivity contribution is -0.109. The van der Waals surface area contributed by atoms with Crippen molar-refractivity contribution in [1.82, 2.24) is 0 Å². The van der Waals surface area contributed by atoms with Crippen LogP contribution in [0.15, 0.2) is 0 Å². The number of hydrogen-bond acceptors (Lipinski definition) is 3. The van der Waals surface area contributed by atoms with Crippen LogP contribution >= 0.6 is 0 Å². The lowest BCUT2D eigenvalue weighted by atomic mass is 9.83. The van der Waals surface area contributed by atoms with Crippen molar-refractivity contribution in [3.8, 4) is 0 Å². The van der Waals surface area contributed by atoms with Gasteiger partial charge in [0.2, 0.25) is 0 Å². The number of hydrogen-bond donors (Lipinski definition) is 1. The van der Waals surface area contributed by atoms with E-state index in [0.29, 0.717) is 18.4 Å². The molecule has 3 nitrogen and oxygen atoms in total. The van der Waals surface area contributed by atoms with E-state index in [9.17, 15) is 0 Å². The average Bonchev–Trinajstić information content (AvgIpc) is 2.85. The number of aliphatic hydroxyl groups is 1. The summed E-state index contributed by atoms with van der Waals surface area (Å²) in [6.07, 6.45) is 4.47. The molecule has 0 saturated carbocycles. The SMILES string of the molecule is CCCC(CC(C)C(C)CC)C1OCC(CO)O1. The predicted molar refractivity (Wildman–Crippen MR) is 73.3 cm³/mol. The van der Waals surface area contributed by atoms with Crippen LogP contribution < -0.4 is 0 Å². The van der Waals surface area contributed by atoms with Gasteiger partial charge >= 0.3 is 0 Å². The highest BCUT2D eigenvalue weighted by Gasteiger charge is 2.33. The Morgan fingerprint density at radius 1 is 1.22 bits per heavy atom. The fourth-order valence-corrected chi connectivity index (χ4v) is 2.66. The van der Waals surface area contributed by atoms with Crippen LogP contribution in [-0.2, 0) is 9.47 Å². The first-order chi connectivity index (χ1) is 8.62. The zero-order chi connectivity index (χ0) is 13.5. The number of ether oxygens (including phenoxy) is 2. The van der Waals surface area contributed by atoms with E-state index in [1.165, 1.54) is 6.42 Å². The topological polar surface area (TPSA) is 38.7 Å². The molecule has 0 aromatic carbocycles. The zero-order valence-electron chi connectivity index (χ0n) is 12.4.